The molecule has 0 radical (unpaired) electrons. The number of hydroxylamine groups is 1. The number of anilines is 1. The minimum Gasteiger partial charge on any atom is -0.454 e. The maximum atomic E-state index is 11.1. The third-order valence-electron chi connectivity index (χ3n) is 5.19. The molecule has 1 aromatic carbocycles. The van der Waals surface area contributed by atoms with Crippen molar-refractivity contribution in [3.63, 3.8) is 0 Å². The van der Waals surface area contributed by atoms with E-state index in [1.807, 2.05) is 25.1 Å². The second kappa shape index (κ2) is 9.44. The summed E-state index contributed by atoms with van der Waals surface area (Å²) < 4.78 is 13.2. The Morgan fingerprint density at radius 3 is 2.84 bits per heavy atom. The Morgan fingerprint density at radius 1 is 1.26 bits per heavy atom. The topological polar surface area (TPSA) is 125 Å². The SMILES string of the molecule is Cc1cc2c(cc1Sc1nc3c(N)nccc3n1CCCCCCC(=O)NO)OCO2. The van der Waals surface area contributed by atoms with Gasteiger partial charge in [0, 0.05) is 24.1 Å². The van der Waals surface area contributed by atoms with Crippen LogP contribution in [0.15, 0.2) is 34.4 Å². The normalized spacial score (nSPS) is 12.5. The number of ether oxygens (including phenoxy) is 2. The van der Waals surface area contributed by atoms with Crippen LogP contribution < -0.4 is 20.7 Å². The van der Waals surface area contributed by atoms with Crippen LogP contribution >= 0.6 is 11.8 Å². The summed E-state index contributed by atoms with van der Waals surface area (Å²) in [6.07, 6.45) is 5.58. The molecule has 1 aliphatic rings. The molecule has 0 aliphatic carbocycles. The Morgan fingerprint density at radius 2 is 2.03 bits per heavy atom. The highest BCUT2D eigenvalue weighted by atomic mass is 32.2. The van der Waals surface area contributed by atoms with Gasteiger partial charge in [-0.05, 0) is 43.5 Å². The number of carbonyl (C=O) groups is 1. The van der Waals surface area contributed by atoms with E-state index < -0.39 is 0 Å². The predicted octanol–water partition coefficient (Wildman–Crippen LogP) is 3.66. The molecule has 0 saturated heterocycles. The van der Waals surface area contributed by atoms with Crippen molar-refractivity contribution in [1.82, 2.24) is 20.0 Å². The number of rotatable bonds is 9. The number of aryl methyl sites for hydroxylation is 2. The molecule has 4 rings (SSSR count). The van der Waals surface area contributed by atoms with Crippen LogP contribution in [-0.2, 0) is 11.3 Å². The van der Waals surface area contributed by atoms with Gasteiger partial charge in [-0.1, -0.05) is 24.6 Å². The van der Waals surface area contributed by atoms with Crippen molar-refractivity contribution in [2.45, 2.75) is 55.6 Å². The largest absolute Gasteiger partial charge is 0.454 e. The van der Waals surface area contributed by atoms with Gasteiger partial charge in [-0.2, -0.15) is 0 Å². The summed E-state index contributed by atoms with van der Waals surface area (Å²) in [4.78, 5) is 21.1. The van der Waals surface area contributed by atoms with Gasteiger partial charge < -0.3 is 19.8 Å². The minimum atomic E-state index is -0.346. The Hall–Kier alpha value is -2.98. The average molecular weight is 444 g/mol. The van der Waals surface area contributed by atoms with Crippen LogP contribution in [0.4, 0.5) is 5.82 Å². The molecule has 1 aliphatic heterocycles. The fourth-order valence-corrected chi connectivity index (χ4v) is 4.56. The molecule has 0 spiro atoms. The number of carbonyl (C=O) groups excluding carboxylic acids is 1. The summed E-state index contributed by atoms with van der Waals surface area (Å²) in [5.74, 6) is 1.57. The number of unbranched alkanes of at least 4 members (excludes halogenated alkanes) is 3. The van der Waals surface area contributed by atoms with E-state index >= 15 is 0 Å². The second-order valence-corrected chi connectivity index (χ2v) is 8.39. The van der Waals surface area contributed by atoms with Gasteiger partial charge in [-0.3, -0.25) is 10.0 Å². The fraction of sp³-hybridized carbons (Fsp3) is 0.381. The van der Waals surface area contributed by atoms with Crippen molar-refractivity contribution >= 4 is 34.5 Å². The highest BCUT2D eigenvalue weighted by molar-refractivity contribution is 7.99. The van der Waals surface area contributed by atoms with E-state index in [0.29, 0.717) is 17.8 Å². The van der Waals surface area contributed by atoms with Crippen LogP contribution in [0.3, 0.4) is 0 Å². The van der Waals surface area contributed by atoms with Crippen molar-refractivity contribution < 1.29 is 19.5 Å². The molecule has 31 heavy (non-hydrogen) atoms. The van der Waals surface area contributed by atoms with Crippen molar-refractivity contribution in [1.29, 1.82) is 0 Å². The lowest BCUT2D eigenvalue weighted by Crippen LogP contribution is -2.17. The maximum Gasteiger partial charge on any atom is 0.243 e. The van der Waals surface area contributed by atoms with Gasteiger partial charge in [0.1, 0.15) is 5.52 Å². The molecule has 1 amide bonds. The van der Waals surface area contributed by atoms with Gasteiger partial charge in [0.15, 0.2) is 22.5 Å². The molecule has 3 heterocycles. The van der Waals surface area contributed by atoms with Crippen LogP contribution in [0.1, 0.15) is 37.7 Å². The fourth-order valence-electron chi connectivity index (χ4n) is 3.54. The lowest BCUT2D eigenvalue weighted by molar-refractivity contribution is -0.129. The predicted molar refractivity (Wildman–Crippen MR) is 116 cm³/mol. The summed E-state index contributed by atoms with van der Waals surface area (Å²) in [6, 6.07) is 5.90. The van der Waals surface area contributed by atoms with E-state index in [1.54, 1.807) is 23.4 Å². The smallest absolute Gasteiger partial charge is 0.243 e. The molecule has 2 aromatic heterocycles. The number of nitrogen functional groups attached to an aromatic ring is 1. The first-order valence-corrected chi connectivity index (χ1v) is 11.0. The van der Waals surface area contributed by atoms with Gasteiger partial charge in [0.2, 0.25) is 12.7 Å². The first kappa shape index (κ1) is 21.3. The molecular weight excluding hydrogens is 418 g/mol. The molecular formula is C21H25N5O4S. The van der Waals surface area contributed by atoms with Gasteiger partial charge in [-0.15, -0.1) is 0 Å². The monoisotopic (exact) mass is 443 g/mol. The first-order valence-electron chi connectivity index (χ1n) is 10.2. The summed E-state index contributed by atoms with van der Waals surface area (Å²) in [5.41, 5.74) is 10.5. The molecule has 164 valence electrons. The first-order chi connectivity index (χ1) is 15.1. The number of pyridine rings is 1. The number of benzene rings is 1. The summed E-state index contributed by atoms with van der Waals surface area (Å²) in [5, 5.41) is 9.41. The number of fused-ring (bicyclic) bond motifs is 2. The highest BCUT2D eigenvalue weighted by Crippen LogP contribution is 2.41. The molecule has 0 saturated carbocycles. The van der Waals surface area contributed by atoms with Crippen LogP contribution in [0.5, 0.6) is 11.5 Å². The van der Waals surface area contributed by atoms with Crippen LogP contribution in [-0.4, -0.2) is 32.4 Å². The lowest BCUT2D eigenvalue weighted by Gasteiger charge is -2.11. The number of amides is 1. The Labute approximate surface area is 183 Å². The average Bonchev–Trinajstić information content (AvgIpc) is 3.35. The van der Waals surface area contributed by atoms with Crippen LogP contribution in [0.25, 0.3) is 11.0 Å². The van der Waals surface area contributed by atoms with Crippen LogP contribution in [0.2, 0.25) is 0 Å². The molecule has 0 bridgehead atoms. The third kappa shape index (κ3) is 4.70. The van der Waals surface area contributed by atoms with Crippen molar-refractivity contribution in [2.75, 3.05) is 12.5 Å². The zero-order valence-electron chi connectivity index (χ0n) is 17.3. The standard InChI is InChI=1S/C21H25N5O4S/c1-13-10-15-16(30-12-29-15)11-17(13)31-21-24-19-14(7-8-23-20(19)22)26(21)9-5-3-2-4-6-18(27)25-28/h7-8,10-11,28H,2-6,9,12H2,1H3,(H2,22,23)(H,25,27). The zero-order chi connectivity index (χ0) is 21.8. The van der Waals surface area contributed by atoms with E-state index in [2.05, 4.69) is 9.55 Å². The van der Waals surface area contributed by atoms with Gasteiger partial charge >= 0.3 is 0 Å². The molecule has 4 N–H and O–H groups in total. The number of hydrogen-bond acceptors (Lipinski definition) is 8. The van der Waals surface area contributed by atoms with E-state index in [9.17, 15) is 4.79 Å². The number of aromatic nitrogens is 3. The molecule has 0 atom stereocenters. The number of nitrogens with two attached hydrogens (primary N) is 1. The van der Waals surface area contributed by atoms with Gasteiger partial charge in [0.25, 0.3) is 0 Å². The molecule has 0 fully saturated rings. The molecule has 0 unspecified atom stereocenters. The Kier molecular flexibility index (Phi) is 6.47. The van der Waals surface area contributed by atoms with E-state index in [4.69, 9.17) is 25.4 Å². The summed E-state index contributed by atoms with van der Waals surface area (Å²) in [7, 11) is 0. The van der Waals surface area contributed by atoms with Gasteiger partial charge in [-0.25, -0.2) is 15.4 Å². The Bertz CT molecular complexity index is 1100. The number of imidazole rings is 1. The lowest BCUT2D eigenvalue weighted by atomic mass is 10.1. The van der Waals surface area contributed by atoms with Crippen molar-refractivity contribution in [3.8, 4) is 11.5 Å². The van der Waals surface area contributed by atoms with E-state index in [0.717, 1.165) is 64.9 Å². The maximum absolute atomic E-state index is 11.1. The minimum absolute atomic E-state index is 0.240. The summed E-state index contributed by atoms with van der Waals surface area (Å²) >= 11 is 1.57. The van der Waals surface area contributed by atoms with E-state index in [1.165, 1.54) is 0 Å². The molecule has 9 nitrogen and oxygen atoms in total. The van der Waals surface area contributed by atoms with Gasteiger partial charge in [0.05, 0.1) is 5.52 Å². The van der Waals surface area contributed by atoms with Crippen LogP contribution in [0, 0.1) is 6.92 Å². The number of nitrogens with zero attached hydrogens (tertiary/aromatic N) is 3. The number of nitrogens with one attached hydrogen (secondary N) is 1. The second-order valence-electron chi connectivity index (χ2n) is 7.38. The van der Waals surface area contributed by atoms with Crippen molar-refractivity contribution in [3.05, 3.63) is 30.0 Å². The van der Waals surface area contributed by atoms with E-state index in [-0.39, 0.29) is 12.7 Å². The number of hydrogen-bond donors (Lipinski definition) is 3. The summed E-state index contributed by atoms with van der Waals surface area (Å²) in [6.45, 7) is 3.05. The zero-order valence-corrected chi connectivity index (χ0v) is 18.1. The quantitative estimate of drug-likeness (QED) is 0.260. The molecule has 10 heteroatoms. The Balaban J connectivity index is 1.52. The van der Waals surface area contributed by atoms with Crippen molar-refractivity contribution in [2.24, 2.45) is 0 Å². The highest BCUT2D eigenvalue weighted by Gasteiger charge is 2.19. The third-order valence-corrected chi connectivity index (χ3v) is 6.35. The molecule has 3 aromatic rings.